The minimum Gasteiger partial charge on any atom is -0.353 e. The maximum atomic E-state index is 11.6. The van der Waals surface area contributed by atoms with E-state index < -0.39 is 0 Å². The van der Waals surface area contributed by atoms with Gasteiger partial charge < -0.3 is 10.6 Å². The number of hydrogen-bond donors (Lipinski definition) is 2. The van der Waals surface area contributed by atoms with Gasteiger partial charge in [0.2, 0.25) is 11.8 Å². The molecule has 4 nitrogen and oxygen atoms in total. The zero-order valence-electron chi connectivity index (χ0n) is 14.0. The summed E-state index contributed by atoms with van der Waals surface area (Å²) in [4.78, 5) is 23.3. The van der Waals surface area contributed by atoms with E-state index in [2.05, 4.69) is 10.6 Å². The van der Waals surface area contributed by atoms with Crippen molar-refractivity contribution in [2.45, 2.75) is 33.1 Å². The fourth-order valence-corrected chi connectivity index (χ4v) is 2.00. The lowest BCUT2D eigenvalue weighted by atomic mass is 10.2. The van der Waals surface area contributed by atoms with E-state index in [1.807, 2.05) is 50.3 Å². The summed E-state index contributed by atoms with van der Waals surface area (Å²) in [7, 11) is 0. The van der Waals surface area contributed by atoms with Gasteiger partial charge in [-0.1, -0.05) is 43.3 Å². The van der Waals surface area contributed by atoms with Crippen LogP contribution in [0, 0.1) is 0 Å². The van der Waals surface area contributed by atoms with Crippen molar-refractivity contribution >= 4 is 17.9 Å². The molecule has 2 amide bonds. The summed E-state index contributed by atoms with van der Waals surface area (Å²) in [5, 5.41) is 5.70. The van der Waals surface area contributed by atoms with E-state index in [0.717, 1.165) is 30.4 Å². The molecule has 0 heterocycles. The molecular weight excluding hydrogens is 288 g/mol. The average molecular weight is 314 g/mol. The molecule has 0 saturated heterocycles. The van der Waals surface area contributed by atoms with Gasteiger partial charge in [-0.3, -0.25) is 9.59 Å². The van der Waals surface area contributed by atoms with Crippen molar-refractivity contribution in [1.29, 1.82) is 0 Å². The molecule has 0 fully saturated rings. The Hall–Kier alpha value is -2.36. The molecule has 124 valence electrons. The quantitative estimate of drug-likeness (QED) is 0.543. The standard InChI is InChI=1S/C19H26N2O2/c1-3-9-16(2)19(23)21-15-8-7-14-20-18(22)13-12-17-10-5-4-6-11-17/h4-6,9-13H,3,7-8,14-15H2,1-2H3,(H,20,22)(H,21,23)/b13-12?,16-9+. The van der Waals surface area contributed by atoms with Gasteiger partial charge >= 0.3 is 0 Å². The first-order valence-electron chi connectivity index (χ1n) is 8.09. The van der Waals surface area contributed by atoms with Crippen LogP contribution in [0.15, 0.2) is 48.1 Å². The van der Waals surface area contributed by atoms with E-state index in [9.17, 15) is 9.59 Å². The molecule has 1 aromatic carbocycles. The van der Waals surface area contributed by atoms with Crippen LogP contribution in [0.5, 0.6) is 0 Å². The maximum absolute atomic E-state index is 11.6. The summed E-state index contributed by atoms with van der Waals surface area (Å²) in [5.41, 5.74) is 1.76. The van der Waals surface area contributed by atoms with Gasteiger partial charge in [-0.15, -0.1) is 0 Å². The molecule has 0 spiro atoms. The van der Waals surface area contributed by atoms with Gasteiger partial charge in [0, 0.05) is 24.7 Å². The molecule has 0 bridgehead atoms. The number of unbranched alkanes of at least 4 members (excludes halogenated alkanes) is 1. The number of benzene rings is 1. The van der Waals surface area contributed by atoms with Crippen molar-refractivity contribution in [2.75, 3.05) is 13.1 Å². The highest BCUT2D eigenvalue weighted by atomic mass is 16.2. The Balaban J connectivity index is 2.11. The third-order valence-corrected chi connectivity index (χ3v) is 3.28. The van der Waals surface area contributed by atoms with Crippen LogP contribution in [0.2, 0.25) is 0 Å². The van der Waals surface area contributed by atoms with Crippen molar-refractivity contribution in [2.24, 2.45) is 0 Å². The molecular formula is C19H26N2O2. The molecule has 0 aromatic heterocycles. The van der Waals surface area contributed by atoms with Crippen molar-refractivity contribution in [3.8, 4) is 0 Å². The predicted molar refractivity (Wildman–Crippen MR) is 94.8 cm³/mol. The first-order valence-corrected chi connectivity index (χ1v) is 8.09. The number of nitrogens with one attached hydrogen (secondary N) is 2. The molecule has 1 aromatic rings. The topological polar surface area (TPSA) is 58.2 Å². The molecule has 0 aliphatic rings. The number of rotatable bonds is 9. The van der Waals surface area contributed by atoms with E-state index in [4.69, 9.17) is 0 Å². The summed E-state index contributed by atoms with van der Waals surface area (Å²) in [6, 6.07) is 9.70. The second-order valence-corrected chi connectivity index (χ2v) is 5.29. The maximum Gasteiger partial charge on any atom is 0.246 e. The Kier molecular flexibility index (Phi) is 9.13. The molecule has 2 N–H and O–H groups in total. The number of allylic oxidation sites excluding steroid dienone is 1. The molecule has 1 rings (SSSR count). The van der Waals surface area contributed by atoms with Crippen molar-refractivity contribution in [3.63, 3.8) is 0 Å². The van der Waals surface area contributed by atoms with Crippen LogP contribution in [-0.2, 0) is 9.59 Å². The van der Waals surface area contributed by atoms with Gasteiger partial charge in [0.15, 0.2) is 0 Å². The van der Waals surface area contributed by atoms with Gasteiger partial charge in [0.25, 0.3) is 0 Å². The Morgan fingerprint density at radius 2 is 1.70 bits per heavy atom. The van der Waals surface area contributed by atoms with Gasteiger partial charge in [0.1, 0.15) is 0 Å². The number of amides is 2. The largest absolute Gasteiger partial charge is 0.353 e. The van der Waals surface area contributed by atoms with Gasteiger partial charge in [-0.25, -0.2) is 0 Å². The molecule has 23 heavy (non-hydrogen) atoms. The molecule has 0 atom stereocenters. The molecule has 4 heteroatoms. The van der Waals surface area contributed by atoms with Crippen LogP contribution in [-0.4, -0.2) is 24.9 Å². The third kappa shape index (κ3) is 8.61. The smallest absolute Gasteiger partial charge is 0.246 e. The number of hydrogen-bond acceptors (Lipinski definition) is 2. The van der Waals surface area contributed by atoms with E-state index >= 15 is 0 Å². The highest BCUT2D eigenvalue weighted by Crippen LogP contribution is 2.00. The minimum atomic E-state index is -0.0976. The van der Waals surface area contributed by atoms with Crippen LogP contribution in [0.4, 0.5) is 0 Å². The summed E-state index contributed by atoms with van der Waals surface area (Å²) in [5.74, 6) is -0.110. The minimum absolute atomic E-state index is 0.0123. The van der Waals surface area contributed by atoms with Crippen LogP contribution >= 0.6 is 0 Å². The van der Waals surface area contributed by atoms with E-state index in [1.54, 1.807) is 6.08 Å². The Bertz CT molecular complexity index is 548. The number of carbonyl (C=O) groups is 2. The molecule has 0 radical (unpaired) electrons. The van der Waals surface area contributed by atoms with Crippen molar-refractivity contribution in [3.05, 3.63) is 53.6 Å². The normalized spacial score (nSPS) is 11.5. The molecule has 0 saturated carbocycles. The first kappa shape index (κ1) is 18.7. The zero-order chi connectivity index (χ0) is 16.9. The fourth-order valence-electron chi connectivity index (χ4n) is 2.00. The van der Waals surface area contributed by atoms with Crippen molar-refractivity contribution < 1.29 is 9.59 Å². The summed E-state index contributed by atoms with van der Waals surface area (Å²) in [6.45, 7) is 5.06. The van der Waals surface area contributed by atoms with Gasteiger partial charge in [-0.05, 0) is 37.8 Å². The molecule has 0 aliphatic carbocycles. The lowest BCUT2D eigenvalue weighted by Gasteiger charge is -2.06. The lowest BCUT2D eigenvalue weighted by Crippen LogP contribution is -2.27. The van der Waals surface area contributed by atoms with Crippen molar-refractivity contribution in [1.82, 2.24) is 10.6 Å². The van der Waals surface area contributed by atoms with Crippen LogP contribution < -0.4 is 10.6 Å². The Labute approximate surface area is 138 Å². The van der Waals surface area contributed by atoms with Gasteiger partial charge in [-0.2, -0.15) is 0 Å². The predicted octanol–water partition coefficient (Wildman–Crippen LogP) is 3.07. The summed E-state index contributed by atoms with van der Waals surface area (Å²) in [6.07, 6.45) is 7.78. The SMILES string of the molecule is CC/C=C(\C)C(=O)NCCCCNC(=O)C=Cc1ccccc1. The van der Waals surface area contributed by atoms with Crippen LogP contribution in [0.1, 0.15) is 38.7 Å². The second kappa shape index (κ2) is 11.2. The monoisotopic (exact) mass is 314 g/mol. The molecule has 0 unspecified atom stereocenters. The van der Waals surface area contributed by atoms with E-state index in [0.29, 0.717) is 13.1 Å². The fraction of sp³-hybridized carbons (Fsp3) is 0.368. The summed E-state index contributed by atoms with van der Waals surface area (Å²) >= 11 is 0. The van der Waals surface area contributed by atoms with Crippen LogP contribution in [0.3, 0.4) is 0 Å². The molecule has 0 aliphatic heterocycles. The Morgan fingerprint density at radius 3 is 2.35 bits per heavy atom. The summed E-state index contributed by atoms with van der Waals surface area (Å²) < 4.78 is 0. The third-order valence-electron chi connectivity index (χ3n) is 3.28. The highest BCUT2D eigenvalue weighted by Gasteiger charge is 2.01. The van der Waals surface area contributed by atoms with Crippen LogP contribution in [0.25, 0.3) is 6.08 Å². The number of carbonyl (C=O) groups excluding carboxylic acids is 2. The van der Waals surface area contributed by atoms with E-state index in [-0.39, 0.29) is 11.8 Å². The lowest BCUT2D eigenvalue weighted by molar-refractivity contribution is -0.118. The highest BCUT2D eigenvalue weighted by molar-refractivity contribution is 5.92. The first-order chi connectivity index (χ1) is 11.1. The zero-order valence-corrected chi connectivity index (χ0v) is 14.0. The second-order valence-electron chi connectivity index (χ2n) is 5.29. The Morgan fingerprint density at radius 1 is 1.04 bits per heavy atom. The average Bonchev–Trinajstić information content (AvgIpc) is 2.57. The van der Waals surface area contributed by atoms with Gasteiger partial charge in [0.05, 0.1) is 0 Å². The van der Waals surface area contributed by atoms with E-state index in [1.165, 1.54) is 6.08 Å².